The maximum Gasteiger partial charge on any atom is 0.344 e. The molecule has 0 aliphatic heterocycles. The molecule has 0 N–H and O–H groups in total. The zero-order valence-corrected chi connectivity index (χ0v) is 16.1. The Kier molecular flexibility index (Phi) is 9.21. The molecule has 0 radical (unpaired) electrons. The topological polar surface area (TPSA) is 54.0 Å². The van der Waals surface area contributed by atoms with E-state index in [1.807, 2.05) is 31.2 Å². The van der Waals surface area contributed by atoms with Crippen LogP contribution in [0.1, 0.15) is 31.7 Å². The average molecular weight is 372 g/mol. The van der Waals surface area contributed by atoms with Crippen molar-refractivity contribution in [3.05, 3.63) is 54.1 Å². The van der Waals surface area contributed by atoms with Crippen molar-refractivity contribution in [3.63, 3.8) is 0 Å². The van der Waals surface area contributed by atoms with Gasteiger partial charge in [0.2, 0.25) is 0 Å². The van der Waals surface area contributed by atoms with E-state index >= 15 is 0 Å². The highest BCUT2D eigenvalue weighted by Crippen LogP contribution is 2.24. The minimum absolute atomic E-state index is 0.116. The van der Waals surface area contributed by atoms with Crippen molar-refractivity contribution in [3.8, 4) is 17.2 Å². The predicted octanol–water partition coefficient (Wildman–Crippen LogP) is 4.92. The molecular formula is C22H28O5. The lowest BCUT2D eigenvalue weighted by molar-refractivity contribution is -0.146. The van der Waals surface area contributed by atoms with Gasteiger partial charge >= 0.3 is 5.97 Å². The highest BCUT2D eigenvalue weighted by atomic mass is 16.6. The van der Waals surface area contributed by atoms with E-state index in [4.69, 9.17) is 18.9 Å². The molecule has 0 aromatic heterocycles. The molecule has 0 saturated heterocycles. The van der Waals surface area contributed by atoms with Gasteiger partial charge in [0.1, 0.15) is 17.2 Å². The van der Waals surface area contributed by atoms with Gasteiger partial charge in [-0.15, -0.1) is 0 Å². The summed E-state index contributed by atoms with van der Waals surface area (Å²) < 4.78 is 21.7. The Hall–Kier alpha value is -2.53. The summed E-state index contributed by atoms with van der Waals surface area (Å²) in [5.74, 6) is 1.68. The molecule has 0 heterocycles. The van der Waals surface area contributed by atoms with Crippen molar-refractivity contribution >= 4 is 5.97 Å². The Balaban J connectivity index is 1.63. The van der Waals surface area contributed by atoms with E-state index in [1.165, 1.54) is 5.56 Å². The maximum absolute atomic E-state index is 11.7. The second-order valence-electron chi connectivity index (χ2n) is 6.22. The second-order valence-corrected chi connectivity index (χ2v) is 6.22. The summed E-state index contributed by atoms with van der Waals surface area (Å²) >= 11 is 0. The molecule has 0 spiro atoms. The number of esters is 1. The van der Waals surface area contributed by atoms with Crippen LogP contribution in [0.5, 0.6) is 17.2 Å². The van der Waals surface area contributed by atoms with E-state index in [1.54, 1.807) is 24.3 Å². The standard InChI is InChI=1S/C22H28O5/c1-3-4-14-24-15-5-16-25-22(23)17-26-19-10-12-21(13-11-19)27-20-8-6-18(2)7-9-20/h6-13H,3-5,14-17H2,1-2H3. The zero-order chi connectivity index (χ0) is 19.3. The molecule has 0 atom stereocenters. The van der Waals surface area contributed by atoms with Crippen LogP contribution in [-0.2, 0) is 14.3 Å². The number of carbonyl (C=O) groups excluding carboxylic acids is 1. The van der Waals surface area contributed by atoms with Gasteiger partial charge in [0.05, 0.1) is 6.61 Å². The van der Waals surface area contributed by atoms with E-state index in [9.17, 15) is 4.79 Å². The third-order valence-corrected chi connectivity index (χ3v) is 3.78. The van der Waals surface area contributed by atoms with Crippen molar-refractivity contribution in [1.82, 2.24) is 0 Å². The number of ether oxygens (including phenoxy) is 4. The molecule has 0 amide bonds. The lowest BCUT2D eigenvalue weighted by Gasteiger charge is -2.09. The Bertz CT molecular complexity index is 664. The molecule has 0 saturated carbocycles. The number of hydrogen-bond acceptors (Lipinski definition) is 5. The van der Waals surface area contributed by atoms with E-state index in [0.717, 1.165) is 25.2 Å². The zero-order valence-electron chi connectivity index (χ0n) is 16.1. The number of rotatable bonds is 12. The Morgan fingerprint density at radius 1 is 0.815 bits per heavy atom. The predicted molar refractivity (Wildman–Crippen MR) is 104 cm³/mol. The number of benzene rings is 2. The second kappa shape index (κ2) is 12.0. The summed E-state index contributed by atoms with van der Waals surface area (Å²) in [4.78, 5) is 11.7. The van der Waals surface area contributed by atoms with E-state index in [0.29, 0.717) is 31.1 Å². The molecule has 2 aromatic carbocycles. The first-order valence-corrected chi connectivity index (χ1v) is 9.38. The molecule has 0 unspecified atom stereocenters. The van der Waals surface area contributed by atoms with Crippen molar-refractivity contribution in [2.45, 2.75) is 33.1 Å². The smallest absolute Gasteiger partial charge is 0.344 e. The van der Waals surface area contributed by atoms with Gasteiger partial charge in [-0.3, -0.25) is 0 Å². The number of aryl methyl sites for hydroxylation is 1. The Morgan fingerprint density at radius 3 is 2.07 bits per heavy atom. The van der Waals surface area contributed by atoms with Crippen LogP contribution in [0.3, 0.4) is 0 Å². The molecule has 27 heavy (non-hydrogen) atoms. The summed E-state index contributed by atoms with van der Waals surface area (Å²) in [6.45, 7) is 5.75. The SMILES string of the molecule is CCCCOCCCOC(=O)COc1ccc(Oc2ccc(C)cc2)cc1. The van der Waals surface area contributed by atoms with Gasteiger partial charge in [0.25, 0.3) is 0 Å². The quantitative estimate of drug-likeness (QED) is 0.391. The molecule has 0 fully saturated rings. The Morgan fingerprint density at radius 2 is 1.41 bits per heavy atom. The molecule has 146 valence electrons. The van der Waals surface area contributed by atoms with Crippen molar-refractivity contribution < 1.29 is 23.7 Å². The third kappa shape index (κ3) is 8.60. The van der Waals surface area contributed by atoms with Crippen molar-refractivity contribution in [2.24, 2.45) is 0 Å². The minimum atomic E-state index is -0.386. The van der Waals surface area contributed by atoms with Gasteiger partial charge in [-0.25, -0.2) is 4.79 Å². The van der Waals surface area contributed by atoms with E-state index in [-0.39, 0.29) is 12.6 Å². The molecular weight excluding hydrogens is 344 g/mol. The number of unbranched alkanes of at least 4 members (excludes halogenated alkanes) is 1. The van der Waals surface area contributed by atoms with Gasteiger partial charge in [-0.05, 0) is 49.7 Å². The number of carbonyl (C=O) groups is 1. The Labute approximate surface area is 161 Å². The van der Waals surface area contributed by atoms with E-state index < -0.39 is 0 Å². The van der Waals surface area contributed by atoms with Crippen LogP contribution < -0.4 is 9.47 Å². The van der Waals surface area contributed by atoms with Crippen molar-refractivity contribution in [2.75, 3.05) is 26.4 Å². The molecule has 0 aliphatic carbocycles. The van der Waals surface area contributed by atoms with Crippen LogP contribution in [-0.4, -0.2) is 32.4 Å². The van der Waals surface area contributed by atoms with Crippen LogP contribution in [0.15, 0.2) is 48.5 Å². The van der Waals surface area contributed by atoms with Gasteiger partial charge in [-0.2, -0.15) is 0 Å². The first-order chi connectivity index (χ1) is 13.2. The summed E-state index contributed by atoms with van der Waals surface area (Å²) in [6, 6.07) is 15.0. The summed E-state index contributed by atoms with van der Waals surface area (Å²) in [5, 5.41) is 0. The molecule has 0 bridgehead atoms. The monoisotopic (exact) mass is 372 g/mol. The third-order valence-electron chi connectivity index (χ3n) is 3.78. The van der Waals surface area contributed by atoms with Gasteiger partial charge in [-0.1, -0.05) is 31.0 Å². The summed E-state index contributed by atoms with van der Waals surface area (Å²) in [5.41, 5.74) is 1.18. The van der Waals surface area contributed by atoms with Crippen LogP contribution in [0, 0.1) is 6.92 Å². The van der Waals surface area contributed by atoms with Crippen LogP contribution >= 0.6 is 0 Å². The fourth-order valence-corrected chi connectivity index (χ4v) is 2.23. The lowest BCUT2D eigenvalue weighted by atomic mass is 10.2. The highest BCUT2D eigenvalue weighted by Gasteiger charge is 2.05. The van der Waals surface area contributed by atoms with Crippen LogP contribution in [0.4, 0.5) is 0 Å². The molecule has 2 aromatic rings. The van der Waals surface area contributed by atoms with E-state index in [2.05, 4.69) is 6.92 Å². The van der Waals surface area contributed by atoms with Crippen molar-refractivity contribution in [1.29, 1.82) is 0 Å². The average Bonchev–Trinajstić information content (AvgIpc) is 2.68. The van der Waals surface area contributed by atoms with Gasteiger partial charge in [0.15, 0.2) is 6.61 Å². The largest absolute Gasteiger partial charge is 0.482 e. The summed E-state index contributed by atoms with van der Waals surface area (Å²) in [7, 11) is 0. The maximum atomic E-state index is 11.7. The lowest BCUT2D eigenvalue weighted by Crippen LogP contribution is -2.16. The molecule has 2 rings (SSSR count). The first kappa shape index (κ1) is 20.8. The highest BCUT2D eigenvalue weighted by molar-refractivity contribution is 5.71. The fraction of sp³-hybridized carbons (Fsp3) is 0.409. The van der Waals surface area contributed by atoms with Gasteiger partial charge in [0, 0.05) is 19.6 Å². The summed E-state index contributed by atoms with van der Waals surface area (Å²) in [6.07, 6.45) is 2.87. The molecule has 5 nitrogen and oxygen atoms in total. The minimum Gasteiger partial charge on any atom is -0.482 e. The molecule has 5 heteroatoms. The first-order valence-electron chi connectivity index (χ1n) is 9.38. The van der Waals surface area contributed by atoms with Crippen LogP contribution in [0.2, 0.25) is 0 Å². The number of hydrogen-bond donors (Lipinski definition) is 0. The fourth-order valence-electron chi connectivity index (χ4n) is 2.23. The van der Waals surface area contributed by atoms with Crippen LogP contribution in [0.25, 0.3) is 0 Å². The molecule has 0 aliphatic rings. The normalized spacial score (nSPS) is 10.4. The van der Waals surface area contributed by atoms with Gasteiger partial charge < -0.3 is 18.9 Å².